The third-order valence-electron chi connectivity index (χ3n) is 4.11. The Morgan fingerprint density at radius 1 is 1.28 bits per heavy atom. The molecule has 2 rings (SSSR count). The zero-order valence-electron chi connectivity index (χ0n) is 15.1. The molecule has 0 aliphatic carbocycles. The minimum absolute atomic E-state index is 0.0851. The number of carbonyl (C=O) groups is 2. The van der Waals surface area contributed by atoms with E-state index in [2.05, 4.69) is 4.90 Å². The number of hydrogen-bond donors (Lipinski definition) is 1. The second kappa shape index (κ2) is 8.82. The molecule has 1 aromatic rings. The summed E-state index contributed by atoms with van der Waals surface area (Å²) in [7, 11) is 1.56. The fourth-order valence-corrected chi connectivity index (χ4v) is 3.14. The van der Waals surface area contributed by atoms with Crippen LogP contribution in [0.3, 0.4) is 0 Å². The highest BCUT2D eigenvalue weighted by Gasteiger charge is 2.27. The molecule has 7 nitrogen and oxygen atoms in total. The van der Waals surface area contributed by atoms with Crippen LogP contribution >= 0.6 is 0 Å². The molecule has 25 heavy (non-hydrogen) atoms. The second-order valence-electron chi connectivity index (χ2n) is 6.38. The van der Waals surface area contributed by atoms with Gasteiger partial charge in [0.05, 0.1) is 31.5 Å². The fraction of sp³-hybridized carbons (Fsp3) is 0.556. The van der Waals surface area contributed by atoms with E-state index >= 15 is 0 Å². The number of amides is 2. The largest absolute Gasteiger partial charge is 0.495 e. The molecule has 1 aliphatic rings. The van der Waals surface area contributed by atoms with Crippen LogP contribution < -0.4 is 15.4 Å². The van der Waals surface area contributed by atoms with E-state index < -0.39 is 5.91 Å². The summed E-state index contributed by atoms with van der Waals surface area (Å²) in [5.41, 5.74) is 5.92. The Labute approximate surface area is 148 Å². The molecule has 0 bridgehead atoms. The molecule has 2 amide bonds. The first-order chi connectivity index (χ1) is 11.9. The molecule has 1 saturated heterocycles. The van der Waals surface area contributed by atoms with Crippen LogP contribution in [0.2, 0.25) is 0 Å². The van der Waals surface area contributed by atoms with Crippen LogP contribution in [0.4, 0.5) is 5.69 Å². The first-order valence-corrected chi connectivity index (χ1v) is 8.50. The maximum Gasteiger partial charge on any atom is 0.241 e. The van der Waals surface area contributed by atoms with Crippen molar-refractivity contribution >= 4 is 17.5 Å². The Balaban J connectivity index is 2.16. The summed E-state index contributed by atoms with van der Waals surface area (Å²) in [6.45, 7) is 5.88. The van der Waals surface area contributed by atoms with E-state index in [1.54, 1.807) is 18.1 Å². The highest BCUT2D eigenvalue weighted by atomic mass is 16.5. The Morgan fingerprint density at radius 3 is 2.52 bits per heavy atom. The van der Waals surface area contributed by atoms with Crippen molar-refractivity contribution in [3.05, 3.63) is 24.3 Å². The van der Waals surface area contributed by atoms with Crippen molar-refractivity contribution in [2.75, 3.05) is 38.2 Å². The van der Waals surface area contributed by atoms with Crippen LogP contribution in [0.1, 0.15) is 20.3 Å². The average molecular weight is 349 g/mol. The first kappa shape index (κ1) is 19.2. The summed E-state index contributed by atoms with van der Waals surface area (Å²) in [6.07, 6.45) is 0.267. The molecule has 2 N–H and O–H groups in total. The number of methoxy groups -OCH3 is 1. The number of anilines is 1. The molecular formula is C18H27N3O4. The summed E-state index contributed by atoms with van der Waals surface area (Å²) < 4.78 is 11.1. The summed E-state index contributed by atoms with van der Waals surface area (Å²) >= 11 is 0. The smallest absolute Gasteiger partial charge is 0.241 e. The van der Waals surface area contributed by atoms with Gasteiger partial charge in [0.2, 0.25) is 11.8 Å². The lowest BCUT2D eigenvalue weighted by Gasteiger charge is -2.36. The lowest BCUT2D eigenvalue weighted by Crippen LogP contribution is -2.50. The number of nitrogens with two attached hydrogens (primary N) is 1. The van der Waals surface area contributed by atoms with Crippen LogP contribution in [0.15, 0.2) is 24.3 Å². The normalized spacial score (nSPS) is 20.9. The topological polar surface area (TPSA) is 85.1 Å². The number of ether oxygens (including phenoxy) is 2. The van der Waals surface area contributed by atoms with Crippen molar-refractivity contribution in [1.82, 2.24) is 4.90 Å². The molecule has 1 aromatic carbocycles. The lowest BCUT2D eigenvalue weighted by molar-refractivity contribution is -0.123. The molecule has 0 aromatic heterocycles. The summed E-state index contributed by atoms with van der Waals surface area (Å²) in [5.74, 6) is 0.0531. The van der Waals surface area contributed by atoms with Gasteiger partial charge >= 0.3 is 0 Å². The first-order valence-electron chi connectivity index (χ1n) is 8.50. The highest BCUT2D eigenvalue weighted by Crippen LogP contribution is 2.28. The second-order valence-corrected chi connectivity index (χ2v) is 6.38. The van der Waals surface area contributed by atoms with Gasteiger partial charge in [-0.05, 0) is 26.0 Å². The number of carbonyl (C=O) groups excluding carboxylic acids is 2. The van der Waals surface area contributed by atoms with Gasteiger partial charge in [0.25, 0.3) is 0 Å². The van der Waals surface area contributed by atoms with Crippen molar-refractivity contribution in [3.8, 4) is 5.75 Å². The Morgan fingerprint density at radius 2 is 1.92 bits per heavy atom. The molecular weight excluding hydrogens is 322 g/mol. The van der Waals surface area contributed by atoms with Crippen LogP contribution in [-0.4, -0.2) is 62.2 Å². The van der Waals surface area contributed by atoms with Crippen molar-refractivity contribution in [2.24, 2.45) is 5.73 Å². The van der Waals surface area contributed by atoms with Crippen molar-refractivity contribution < 1.29 is 19.1 Å². The fourth-order valence-electron chi connectivity index (χ4n) is 3.14. The quantitative estimate of drug-likeness (QED) is 0.794. The molecule has 0 saturated carbocycles. The molecule has 0 radical (unpaired) electrons. The van der Waals surface area contributed by atoms with E-state index in [0.717, 1.165) is 0 Å². The summed E-state index contributed by atoms with van der Waals surface area (Å²) in [5, 5.41) is 0. The van der Waals surface area contributed by atoms with Crippen LogP contribution in [0, 0.1) is 0 Å². The Bertz CT molecular complexity index is 598. The van der Waals surface area contributed by atoms with Crippen molar-refractivity contribution in [3.63, 3.8) is 0 Å². The van der Waals surface area contributed by atoms with Gasteiger partial charge in [0.1, 0.15) is 5.75 Å². The van der Waals surface area contributed by atoms with E-state index in [1.165, 1.54) is 0 Å². The third kappa shape index (κ3) is 5.44. The molecule has 1 heterocycles. The minimum Gasteiger partial charge on any atom is -0.495 e. The minimum atomic E-state index is -0.443. The van der Waals surface area contributed by atoms with Gasteiger partial charge < -0.3 is 20.1 Å². The van der Waals surface area contributed by atoms with Gasteiger partial charge in [-0.15, -0.1) is 0 Å². The lowest BCUT2D eigenvalue weighted by atomic mass is 10.2. The van der Waals surface area contributed by atoms with E-state index in [0.29, 0.717) is 24.5 Å². The molecule has 7 heteroatoms. The number of rotatable bonds is 7. The molecule has 0 spiro atoms. The highest BCUT2D eigenvalue weighted by molar-refractivity contribution is 5.96. The Hall–Kier alpha value is -2.12. The van der Waals surface area contributed by atoms with E-state index in [-0.39, 0.29) is 37.6 Å². The predicted molar refractivity (Wildman–Crippen MR) is 95.6 cm³/mol. The van der Waals surface area contributed by atoms with Gasteiger partial charge in [-0.1, -0.05) is 12.1 Å². The summed E-state index contributed by atoms with van der Waals surface area (Å²) in [6, 6.07) is 7.27. The molecule has 2 atom stereocenters. The average Bonchev–Trinajstić information content (AvgIpc) is 2.54. The third-order valence-corrected chi connectivity index (χ3v) is 4.11. The Kier molecular flexibility index (Phi) is 6.78. The standard InChI is InChI=1S/C18H27N3O4/c1-13-10-20(11-14(2)25-13)12-18(23)21(9-8-17(19)22)15-6-4-5-7-16(15)24-3/h4-7,13-14H,8-12H2,1-3H3,(H2,19,22)/t13-,14+. The van der Waals surface area contributed by atoms with Gasteiger partial charge in [-0.2, -0.15) is 0 Å². The van der Waals surface area contributed by atoms with Gasteiger partial charge in [0.15, 0.2) is 0 Å². The molecule has 1 aliphatic heterocycles. The zero-order chi connectivity index (χ0) is 18.4. The van der Waals surface area contributed by atoms with E-state index in [4.69, 9.17) is 15.2 Å². The number of hydrogen-bond acceptors (Lipinski definition) is 5. The number of morpholine rings is 1. The molecule has 1 fully saturated rings. The number of nitrogens with zero attached hydrogens (tertiary/aromatic N) is 2. The summed E-state index contributed by atoms with van der Waals surface area (Å²) in [4.78, 5) is 27.8. The van der Waals surface area contributed by atoms with Gasteiger partial charge in [-0.3, -0.25) is 14.5 Å². The maximum atomic E-state index is 12.9. The number of primary amides is 1. The van der Waals surface area contributed by atoms with Crippen molar-refractivity contribution in [1.29, 1.82) is 0 Å². The number of para-hydroxylation sites is 2. The van der Waals surface area contributed by atoms with Crippen LogP contribution in [0.25, 0.3) is 0 Å². The SMILES string of the molecule is COc1ccccc1N(CCC(N)=O)C(=O)CN1C[C@@H](C)O[C@@H](C)C1. The molecule has 0 unspecified atom stereocenters. The van der Waals surface area contributed by atoms with Crippen molar-refractivity contribution in [2.45, 2.75) is 32.5 Å². The number of benzene rings is 1. The van der Waals surface area contributed by atoms with Crippen LogP contribution in [0.5, 0.6) is 5.75 Å². The zero-order valence-corrected chi connectivity index (χ0v) is 15.1. The molecule has 138 valence electrons. The predicted octanol–water partition coefficient (Wildman–Crippen LogP) is 1.01. The van der Waals surface area contributed by atoms with E-state index in [9.17, 15) is 9.59 Å². The van der Waals surface area contributed by atoms with Crippen LogP contribution in [-0.2, 0) is 14.3 Å². The monoisotopic (exact) mass is 349 g/mol. The van der Waals surface area contributed by atoms with E-state index in [1.807, 2.05) is 32.0 Å². The maximum absolute atomic E-state index is 12.9. The van der Waals surface area contributed by atoms with Gasteiger partial charge in [-0.25, -0.2) is 0 Å². The van der Waals surface area contributed by atoms with Gasteiger partial charge in [0, 0.05) is 26.1 Å².